The molecule has 1 heterocycles. The monoisotopic (exact) mass is 375 g/mol. The Morgan fingerprint density at radius 1 is 1.14 bits per heavy atom. The lowest BCUT2D eigenvalue weighted by atomic mass is 9.87. The zero-order valence-electron chi connectivity index (χ0n) is 16.3. The first-order chi connectivity index (χ1) is 13.6. The summed E-state index contributed by atoms with van der Waals surface area (Å²) in [5.74, 6) is 0.414. The minimum absolute atomic E-state index is 0.0880. The molecule has 0 radical (unpaired) electrons. The van der Waals surface area contributed by atoms with Gasteiger partial charge < -0.3 is 15.6 Å². The highest BCUT2D eigenvalue weighted by atomic mass is 16.2. The second-order valence-electron chi connectivity index (χ2n) is 7.62. The molecule has 0 fully saturated rings. The van der Waals surface area contributed by atoms with E-state index in [0.717, 1.165) is 29.3 Å². The smallest absolute Gasteiger partial charge is 0.257 e. The second kappa shape index (κ2) is 7.50. The maximum absolute atomic E-state index is 13.1. The second-order valence-corrected chi connectivity index (χ2v) is 7.62. The third-order valence-electron chi connectivity index (χ3n) is 5.61. The van der Waals surface area contributed by atoms with Gasteiger partial charge in [0.25, 0.3) is 5.91 Å². The number of amides is 2. The summed E-state index contributed by atoms with van der Waals surface area (Å²) < 4.78 is 0. The van der Waals surface area contributed by atoms with E-state index in [9.17, 15) is 9.59 Å². The van der Waals surface area contributed by atoms with Gasteiger partial charge in [-0.1, -0.05) is 37.3 Å². The van der Waals surface area contributed by atoms with Gasteiger partial charge in [-0.05, 0) is 48.4 Å². The third-order valence-corrected chi connectivity index (χ3v) is 5.61. The van der Waals surface area contributed by atoms with Crippen LogP contribution in [0, 0.1) is 5.92 Å². The highest BCUT2D eigenvalue weighted by Gasteiger charge is 2.22. The SMILES string of the molecule is CNC(=O)Cc1ccccc1NC(=O)c1cccc2c3c([nH]c12)CCC(C)C3. The third kappa shape index (κ3) is 3.40. The van der Waals surface area contributed by atoms with Crippen LogP contribution in [-0.2, 0) is 24.1 Å². The zero-order chi connectivity index (χ0) is 19.7. The molecule has 2 amide bonds. The van der Waals surface area contributed by atoms with E-state index in [1.54, 1.807) is 7.05 Å². The molecule has 5 nitrogen and oxygen atoms in total. The summed E-state index contributed by atoms with van der Waals surface area (Å²) >= 11 is 0. The number of aromatic nitrogens is 1. The number of aryl methyl sites for hydroxylation is 1. The Bertz CT molecular complexity index is 1050. The summed E-state index contributed by atoms with van der Waals surface area (Å²) in [5, 5.41) is 6.77. The van der Waals surface area contributed by atoms with Gasteiger partial charge in [0.05, 0.1) is 17.5 Å². The number of likely N-dealkylation sites (N-methyl/N-ethyl adjacent to an activating group) is 1. The van der Waals surface area contributed by atoms with Crippen molar-refractivity contribution in [1.29, 1.82) is 0 Å². The highest BCUT2D eigenvalue weighted by Crippen LogP contribution is 2.33. The van der Waals surface area contributed by atoms with Crippen molar-refractivity contribution < 1.29 is 9.59 Å². The minimum Gasteiger partial charge on any atom is -0.359 e. The van der Waals surface area contributed by atoms with Gasteiger partial charge in [0.2, 0.25) is 5.91 Å². The van der Waals surface area contributed by atoms with E-state index in [2.05, 4.69) is 28.6 Å². The van der Waals surface area contributed by atoms with Crippen LogP contribution < -0.4 is 10.6 Å². The van der Waals surface area contributed by atoms with Gasteiger partial charge >= 0.3 is 0 Å². The summed E-state index contributed by atoms with van der Waals surface area (Å²) in [6.45, 7) is 2.28. The summed E-state index contributed by atoms with van der Waals surface area (Å²) in [4.78, 5) is 28.4. The van der Waals surface area contributed by atoms with Crippen molar-refractivity contribution in [3.8, 4) is 0 Å². The number of aromatic amines is 1. The number of carbonyl (C=O) groups is 2. The van der Waals surface area contributed by atoms with Crippen LogP contribution in [0.1, 0.15) is 40.5 Å². The fraction of sp³-hybridized carbons (Fsp3) is 0.304. The molecule has 3 N–H and O–H groups in total. The van der Waals surface area contributed by atoms with Crippen molar-refractivity contribution in [3.63, 3.8) is 0 Å². The summed E-state index contributed by atoms with van der Waals surface area (Å²) in [6.07, 6.45) is 3.48. The van der Waals surface area contributed by atoms with E-state index in [1.165, 1.54) is 17.7 Å². The average Bonchev–Trinajstić information content (AvgIpc) is 3.07. The molecule has 1 atom stereocenters. The van der Waals surface area contributed by atoms with Crippen molar-refractivity contribution in [1.82, 2.24) is 10.3 Å². The van der Waals surface area contributed by atoms with E-state index >= 15 is 0 Å². The molecule has 1 aliphatic rings. The number of anilines is 1. The van der Waals surface area contributed by atoms with Gasteiger partial charge in [0.15, 0.2) is 0 Å². The standard InChI is InChI=1S/C23H25N3O2/c1-14-10-11-20-18(12-14)16-7-5-8-17(22(16)25-20)23(28)26-19-9-4-3-6-15(19)13-21(27)24-2/h3-9,14,25H,10-13H2,1-2H3,(H,24,27)(H,26,28). The van der Waals surface area contributed by atoms with Crippen LogP contribution >= 0.6 is 0 Å². The molecular weight excluding hydrogens is 350 g/mol. The van der Waals surface area contributed by atoms with Crippen molar-refractivity contribution >= 4 is 28.4 Å². The maximum atomic E-state index is 13.1. The van der Waals surface area contributed by atoms with Crippen molar-refractivity contribution in [2.75, 3.05) is 12.4 Å². The molecule has 0 saturated carbocycles. The Morgan fingerprint density at radius 2 is 1.96 bits per heavy atom. The quantitative estimate of drug-likeness (QED) is 0.648. The predicted octanol–water partition coefficient (Wildman–Crippen LogP) is 3.83. The lowest BCUT2D eigenvalue weighted by Gasteiger charge is -2.17. The molecule has 0 bridgehead atoms. The number of H-pyrrole nitrogens is 1. The van der Waals surface area contributed by atoms with E-state index in [1.807, 2.05) is 36.4 Å². The van der Waals surface area contributed by atoms with Gasteiger partial charge in [-0.3, -0.25) is 9.59 Å². The first-order valence-electron chi connectivity index (χ1n) is 9.79. The molecule has 0 saturated heterocycles. The Kier molecular flexibility index (Phi) is 4.90. The number of hydrogen-bond acceptors (Lipinski definition) is 2. The molecule has 2 aromatic carbocycles. The highest BCUT2D eigenvalue weighted by molar-refractivity contribution is 6.13. The number of rotatable bonds is 4. The summed E-state index contributed by atoms with van der Waals surface area (Å²) in [6, 6.07) is 13.3. The van der Waals surface area contributed by atoms with E-state index in [-0.39, 0.29) is 18.2 Å². The molecule has 1 unspecified atom stereocenters. The van der Waals surface area contributed by atoms with Gasteiger partial charge in [-0.2, -0.15) is 0 Å². The van der Waals surface area contributed by atoms with E-state index < -0.39 is 0 Å². The minimum atomic E-state index is -0.165. The van der Waals surface area contributed by atoms with Crippen LogP contribution in [0.2, 0.25) is 0 Å². The summed E-state index contributed by atoms with van der Waals surface area (Å²) in [5.41, 5.74) is 5.61. The molecule has 1 aromatic heterocycles. The number of hydrogen-bond donors (Lipinski definition) is 3. The van der Waals surface area contributed by atoms with Gasteiger partial charge in [0.1, 0.15) is 0 Å². The van der Waals surface area contributed by atoms with Crippen molar-refractivity contribution in [2.24, 2.45) is 5.92 Å². The van der Waals surface area contributed by atoms with Crippen LogP contribution in [0.3, 0.4) is 0 Å². The molecule has 5 heteroatoms. The fourth-order valence-corrected chi connectivity index (χ4v) is 4.05. The van der Waals surface area contributed by atoms with Crippen molar-refractivity contribution in [2.45, 2.75) is 32.6 Å². The molecule has 0 spiro atoms. The zero-order valence-corrected chi connectivity index (χ0v) is 16.3. The van der Waals surface area contributed by atoms with Crippen LogP contribution in [0.5, 0.6) is 0 Å². The molecule has 3 aromatic rings. The van der Waals surface area contributed by atoms with Crippen LogP contribution in [0.25, 0.3) is 10.9 Å². The molecule has 0 aliphatic heterocycles. The van der Waals surface area contributed by atoms with E-state index in [4.69, 9.17) is 0 Å². The first-order valence-corrected chi connectivity index (χ1v) is 9.79. The Hall–Kier alpha value is -3.08. The lowest BCUT2D eigenvalue weighted by molar-refractivity contribution is -0.119. The molecule has 1 aliphatic carbocycles. The Balaban J connectivity index is 1.67. The molecule has 4 rings (SSSR count). The largest absolute Gasteiger partial charge is 0.359 e. The predicted molar refractivity (Wildman–Crippen MR) is 112 cm³/mol. The van der Waals surface area contributed by atoms with Gasteiger partial charge in [-0.15, -0.1) is 0 Å². The maximum Gasteiger partial charge on any atom is 0.257 e. The van der Waals surface area contributed by atoms with Gasteiger partial charge in [0, 0.05) is 23.8 Å². The van der Waals surface area contributed by atoms with Crippen LogP contribution in [0.15, 0.2) is 42.5 Å². The van der Waals surface area contributed by atoms with E-state index in [0.29, 0.717) is 17.2 Å². The summed E-state index contributed by atoms with van der Waals surface area (Å²) in [7, 11) is 1.61. The molecular formula is C23H25N3O2. The number of carbonyl (C=O) groups excluding carboxylic acids is 2. The number of benzene rings is 2. The first kappa shape index (κ1) is 18.3. The fourth-order valence-electron chi connectivity index (χ4n) is 4.05. The van der Waals surface area contributed by atoms with Gasteiger partial charge in [-0.25, -0.2) is 0 Å². The van der Waals surface area contributed by atoms with Crippen LogP contribution in [0.4, 0.5) is 5.69 Å². The van der Waals surface area contributed by atoms with Crippen molar-refractivity contribution in [3.05, 3.63) is 64.8 Å². The molecule has 144 valence electrons. The Morgan fingerprint density at radius 3 is 2.79 bits per heavy atom. The van der Waals surface area contributed by atoms with Crippen LogP contribution in [-0.4, -0.2) is 23.8 Å². The molecule has 28 heavy (non-hydrogen) atoms. The average molecular weight is 375 g/mol. The number of para-hydroxylation sites is 2. The Labute approximate surface area is 164 Å². The number of nitrogens with one attached hydrogen (secondary N) is 3. The lowest BCUT2D eigenvalue weighted by Crippen LogP contribution is -2.21. The topological polar surface area (TPSA) is 74.0 Å². The normalized spacial score (nSPS) is 15.9. The number of fused-ring (bicyclic) bond motifs is 3.